The standard InChI is InChI=1S/C13H20O2/c1-10(9-12(14)15)8-11-4-6-13(2,3)7-5-11/h8-9H,4-7H2,1-3H3,(H,14,15)/b10-9-. The highest BCUT2D eigenvalue weighted by Gasteiger charge is 2.22. The van der Waals surface area contributed by atoms with E-state index in [1.54, 1.807) is 0 Å². The molecule has 1 aliphatic carbocycles. The molecule has 0 aliphatic heterocycles. The number of rotatable bonds is 2. The van der Waals surface area contributed by atoms with Gasteiger partial charge in [0.05, 0.1) is 0 Å². The van der Waals surface area contributed by atoms with Gasteiger partial charge in [-0.15, -0.1) is 0 Å². The molecule has 0 bridgehead atoms. The number of carbonyl (C=O) groups is 1. The van der Waals surface area contributed by atoms with E-state index in [-0.39, 0.29) is 0 Å². The summed E-state index contributed by atoms with van der Waals surface area (Å²) >= 11 is 0. The van der Waals surface area contributed by atoms with Crippen LogP contribution >= 0.6 is 0 Å². The first kappa shape index (κ1) is 12.0. The van der Waals surface area contributed by atoms with Crippen molar-refractivity contribution >= 4 is 5.97 Å². The number of carboxylic acids is 1. The van der Waals surface area contributed by atoms with E-state index < -0.39 is 5.97 Å². The first-order valence-corrected chi connectivity index (χ1v) is 5.50. The van der Waals surface area contributed by atoms with Gasteiger partial charge < -0.3 is 5.11 Å². The summed E-state index contributed by atoms with van der Waals surface area (Å²) in [6, 6.07) is 0. The van der Waals surface area contributed by atoms with Crippen molar-refractivity contribution in [2.24, 2.45) is 5.41 Å². The fourth-order valence-electron chi connectivity index (χ4n) is 1.95. The molecule has 1 aliphatic rings. The van der Waals surface area contributed by atoms with Gasteiger partial charge in [-0.25, -0.2) is 4.79 Å². The van der Waals surface area contributed by atoms with E-state index in [4.69, 9.17) is 5.11 Å². The first-order valence-electron chi connectivity index (χ1n) is 5.50. The van der Waals surface area contributed by atoms with Crippen molar-refractivity contribution < 1.29 is 9.90 Å². The van der Waals surface area contributed by atoms with Gasteiger partial charge in [-0.3, -0.25) is 0 Å². The molecule has 0 aromatic rings. The summed E-state index contributed by atoms with van der Waals surface area (Å²) in [5.74, 6) is -0.861. The molecule has 2 heteroatoms. The van der Waals surface area contributed by atoms with Crippen LogP contribution in [0, 0.1) is 5.41 Å². The zero-order valence-electron chi connectivity index (χ0n) is 9.84. The Labute approximate surface area is 91.7 Å². The van der Waals surface area contributed by atoms with Gasteiger partial charge in [-0.05, 0) is 43.6 Å². The molecule has 0 spiro atoms. The highest BCUT2D eigenvalue weighted by molar-refractivity contribution is 5.81. The van der Waals surface area contributed by atoms with Crippen LogP contribution in [-0.2, 0) is 4.79 Å². The summed E-state index contributed by atoms with van der Waals surface area (Å²) in [6.45, 7) is 6.44. The van der Waals surface area contributed by atoms with Crippen molar-refractivity contribution in [3.8, 4) is 0 Å². The van der Waals surface area contributed by atoms with Gasteiger partial charge in [0.25, 0.3) is 0 Å². The monoisotopic (exact) mass is 208 g/mol. The molecular weight excluding hydrogens is 188 g/mol. The number of hydrogen-bond acceptors (Lipinski definition) is 1. The van der Waals surface area contributed by atoms with E-state index in [9.17, 15) is 4.79 Å². The molecule has 0 aromatic heterocycles. The third-order valence-electron chi connectivity index (χ3n) is 3.03. The maximum absolute atomic E-state index is 10.4. The van der Waals surface area contributed by atoms with Gasteiger partial charge >= 0.3 is 5.97 Å². The largest absolute Gasteiger partial charge is 0.478 e. The summed E-state index contributed by atoms with van der Waals surface area (Å²) in [5.41, 5.74) is 2.70. The molecular formula is C13H20O2. The van der Waals surface area contributed by atoms with Gasteiger partial charge in [0.15, 0.2) is 0 Å². The van der Waals surface area contributed by atoms with E-state index in [1.807, 2.05) is 13.0 Å². The van der Waals surface area contributed by atoms with Gasteiger partial charge in [0, 0.05) is 6.08 Å². The molecule has 0 saturated heterocycles. The number of hydrogen-bond donors (Lipinski definition) is 1. The molecule has 1 rings (SSSR count). The van der Waals surface area contributed by atoms with Crippen LogP contribution in [0.5, 0.6) is 0 Å². The normalized spacial score (nSPS) is 21.3. The lowest BCUT2D eigenvalue weighted by molar-refractivity contribution is -0.131. The molecule has 0 amide bonds. The molecule has 0 aromatic carbocycles. The molecule has 0 radical (unpaired) electrons. The summed E-state index contributed by atoms with van der Waals surface area (Å²) in [7, 11) is 0. The zero-order chi connectivity index (χ0) is 11.5. The first-order chi connectivity index (χ1) is 6.89. The predicted octanol–water partition coefficient (Wildman–Crippen LogP) is 3.54. The maximum atomic E-state index is 10.4. The molecule has 0 unspecified atom stereocenters. The van der Waals surface area contributed by atoms with Crippen LogP contribution in [0.15, 0.2) is 23.3 Å². The maximum Gasteiger partial charge on any atom is 0.328 e. The Morgan fingerprint density at radius 3 is 2.33 bits per heavy atom. The minimum atomic E-state index is -0.861. The lowest BCUT2D eigenvalue weighted by atomic mass is 9.75. The Kier molecular flexibility index (Phi) is 3.72. The molecule has 1 N–H and O–H groups in total. The Hall–Kier alpha value is -1.05. The van der Waals surface area contributed by atoms with Crippen LogP contribution in [0.2, 0.25) is 0 Å². The van der Waals surface area contributed by atoms with Gasteiger partial charge in [-0.2, -0.15) is 0 Å². The number of allylic oxidation sites excluding steroid dienone is 3. The zero-order valence-corrected chi connectivity index (χ0v) is 9.84. The van der Waals surface area contributed by atoms with Crippen molar-refractivity contribution in [2.75, 3.05) is 0 Å². The lowest BCUT2D eigenvalue weighted by Crippen LogP contribution is -2.16. The smallest absolute Gasteiger partial charge is 0.328 e. The summed E-state index contributed by atoms with van der Waals surface area (Å²) in [5, 5.41) is 8.59. The second-order valence-corrected chi connectivity index (χ2v) is 5.19. The van der Waals surface area contributed by atoms with Crippen LogP contribution in [0.25, 0.3) is 0 Å². The molecule has 2 nitrogen and oxygen atoms in total. The Morgan fingerprint density at radius 1 is 1.33 bits per heavy atom. The molecule has 1 saturated carbocycles. The fourth-order valence-corrected chi connectivity index (χ4v) is 1.95. The molecule has 1 fully saturated rings. The quantitative estimate of drug-likeness (QED) is 0.705. The average Bonchev–Trinajstić information content (AvgIpc) is 2.07. The SMILES string of the molecule is C/C(C=C1CCC(C)(C)CC1)=C/C(=O)O. The van der Waals surface area contributed by atoms with Crippen LogP contribution in [0.1, 0.15) is 46.5 Å². The van der Waals surface area contributed by atoms with Crippen molar-refractivity contribution in [3.63, 3.8) is 0 Å². The summed E-state index contributed by atoms with van der Waals surface area (Å²) in [4.78, 5) is 10.4. The fraction of sp³-hybridized carbons (Fsp3) is 0.615. The number of aliphatic carboxylic acids is 1. The molecule has 15 heavy (non-hydrogen) atoms. The summed E-state index contributed by atoms with van der Waals surface area (Å²) in [6.07, 6.45) is 7.93. The lowest BCUT2D eigenvalue weighted by Gasteiger charge is -2.30. The van der Waals surface area contributed by atoms with Gasteiger partial charge in [-0.1, -0.05) is 25.5 Å². The van der Waals surface area contributed by atoms with Crippen molar-refractivity contribution in [2.45, 2.75) is 46.5 Å². The number of carboxylic acid groups (broad SMARTS) is 1. The van der Waals surface area contributed by atoms with E-state index in [0.29, 0.717) is 5.41 Å². The van der Waals surface area contributed by atoms with Crippen LogP contribution in [0.4, 0.5) is 0 Å². The third-order valence-corrected chi connectivity index (χ3v) is 3.03. The third kappa shape index (κ3) is 4.32. The predicted molar refractivity (Wildman–Crippen MR) is 61.7 cm³/mol. The topological polar surface area (TPSA) is 37.3 Å². The van der Waals surface area contributed by atoms with Gasteiger partial charge in [0.2, 0.25) is 0 Å². The molecule has 84 valence electrons. The van der Waals surface area contributed by atoms with E-state index in [0.717, 1.165) is 18.4 Å². The van der Waals surface area contributed by atoms with Crippen molar-refractivity contribution in [1.29, 1.82) is 0 Å². The summed E-state index contributed by atoms with van der Waals surface area (Å²) < 4.78 is 0. The second-order valence-electron chi connectivity index (χ2n) is 5.19. The molecule has 0 heterocycles. The van der Waals surface area contributed by atoms with Crippen LogP contribution in [0.3, 0.4) is 0 Å². The molecule has 0 atom stereocenters. The van der Waals surface area contributed by atoms with Crippen molar-refractivity contribution in [3.05, 3.63) is 23.3 Å². The van der Waals surface area contributed by atoms with E-state index >= 15 is 0 Å². The highest BCUT2D eigenvalue weighted by atomic mass is 16.4. The van der Waals surface area contributed by atoms with Gasteiger partial charge in [0.1, 0.15) is 0 Å². The van der Waals surface area contributed by atoms with Crippen molar-refractivity contribution in [1.82, 2.24) is 0 Å². The van der Waals surface area contributed by atoms with E-state index in [2.05, 4.69) is 13.8 Å². The minimum absolute atomic E-state index is 0.460. The van der Waals surface area contributed by atoms with Crippen LogP contribution in [-0.4, -0.2) is 11.1 Å². The minimum Gasteiger partial charge on any atom is -0.478 e. The Morgan fingerprint density at radius 2 is 1.87 bits per heavy atom. The highest BCUT2D eigenvalue weighted by Crippen LogP contribution is 2.37. The second kappa shape index (κ2) is 4.65. The Balaban J connectivity index is 2.60. The van der Waals surface area contributed by atoms with E-state index in [1.165, 1.54) is 24.5 Å². The average molecular weight is 208 g/mol. The van der Waals surface area contributed by atoms with Crippen LogP contribution < -0.4 is 0 Å². The Bertz CT molecular complexity index is 296.